The average Bonchev–Trinajstić information content (AvgIpc) is 3.19. The molecule has 1 aromatic heterocycles. The fraction of sp³-hybridized carbons (Fsp3) is 0.226. The zero-order valence-corrected chi connectivity index (χ0v) is 25.0. The molecule has 0 saturated heterocycles. The Morgan fingerprint density at radius 1 is 0.892 bits per heavy atom. The largest absolute Gasteiger partial charge is 0.455 e. The van der Waals surface area contributed by atoms with Crippen LogP contribution in [0.5, 0.6) is 5.75 Å². The second-order valence-corrected chi connectivity index (χ2v) is 15.0. The van der Waals surface area contributed by atoms with Crippen molar-refractivity contribution < 1.29 is 4.52 Å². The van der Waals surface area contributed by atoms with E-state index in [0.29, 0.717) is 5.02 Å². The van der Waals surface area contributed by atoms with Crippen LogP contribution in [0.2, 0.25) is 5.02 Å². The van der Waals surface area contributed by atoms with E-state index in [2.05, 4.69) is 90.7 Å². The minimum atomic E-state index is -2.67. The van der Waals surface area contributed by atoms with Crippen molar-refractivity contribution in [1.29, 1.82) is 0 Å². The Labute approximate surface area is 232 Å². The van der Waals surface area contributed by atoms with E-state index in [0.717, 1.165) is 33.3 Å². The van der Waals surface area contributed by atoms with Gasteiger partial charge in [0, 0.05) is 48.3 Å². The molecule has 5 rings (SSSR count). The van der Waals surface area contributed by atoms with Gasteiger partial charge in [-0.25, -0.2) is 4.74 Å². The van der Waals surface area contributed by atoms with Crippen molar-refractivity contribution in [3.8, 4) is 5.75 Å². The molecular weight excluding hydrogens is 563 g/mol. The first kappa shape index (κ1) is 26.1. The second kappa shape index (κ2) is 9.98. The van der Waals surface area contributed by atoms with Gasteiger partial charge < -0.3 is 9.09 Å². The molecular formula is C31H31BrClN2OP. The molecule has 0 aliphatic carbocycles. The highest BCUT2D eigenvalue weighted by molar-refractivity contribution is 9.10. The van der Waals surface area contributed by atoms with Crippen LogP contribution in [0.4, 0.5) is 5.69 Å². The average molecular weight is 594 g/mol. The van der Waals surface area contributed by atoms with Crippen LogP contribution in [-0.4, -0.2) is 9.72 Å². The number of rotatable bonds is 5. The fourth-order valence-electron chi connectivity index (χ4n) is 4.83. The summed E-state index contributed by atoms with van der Waals surface area (Å²) < 4.78 is 15.9. The number of halogens is 2. The molecule has 5 aromatic rings. The number of aromatic nitrogens is 1. The van der Waals surface area contributed by atoms with Gasteiger partial charge in [-0.15, -0.1) is 0 Å². The van der Waals surface area contributed by atoms with E-state index in [1.165, 1.54) is 21.8 Å². The molecule has 0 aliphatic rings. The van der Waals surface area contributed by atoms with E-state index in [-0.39, 0.29) is 5.16 Å². The van der Waals surface area contributed by atoms with E-state index in [4.69, 9.17) is 20.9 Å². The maximum absolute atomic E-state index is 7.05. The number of aryl methyl sites for hydroxylation is 2. The van der Waals surface area contributed by atoms with E-state index < -0.39 is 7.28 Å². The lowest BCUT2D eigenvalue weighted by molar-refractivity contribution is 0.571. The van der Waals surface area contributed by atoms with Crippen LogP contribution in [0.3, 0.4) is 0 Å². The molecule has 3 nitrogen and oxygen atoms in total. The van der Waals surface area contributed by atoms with E-state index >= 15 is 0 Å². The summed E-state index contributed by atoms with van der Waals surface area (Å²) in [6.45, 7) is 11.8. The van der Waals surface area contributed by atoms with Crippen molar-refractivity contribution in [2.45, 2.75) is 46.3 Å². The lowest BCUT2D eigenvalue weighted by Crippen LogP contribution is -2.27. The van der Waals surface area contributed by atoms with Gasteiger partial charge >= 0.3 is 0 Å². The Balaban J connectivity index is 1.84. The lowest BCUT2D eigenvalue weighted by atomic mass is 10.1. The number of fused-ring (bicyclic) bond motifs is 3. The number of nitrogens with zero attached hydrogens (tertiary/aromatic N) is 2. The van der Waals surface area contributed by atoms with E-state index in [1.807, 2.05) is 49.4 Å². The van der Waals surface area contributed by atoms with Crippen molar-refractivity contribution in [3.05, 3.63) is 100.0 Å². The van der Waals surface area contributed by atoms with Crippen LogP contribution in [0.1, 0.15) is 33.3 Å². The molecule has 0 aliphatic heterocycles. The Bertz CT molecular complexity index is 1670. The van der Waals surface area contributed by atoms with Crippen molar-refractivity contribution in [1.82, 2.24) is 4.57 Å². The third-order valence-electron chi connectivity index (χ3n) is 6.79. The molecule has 1 heterocycles. The number of para-hydroxylation sites is 1. The standard InChI is InChI=1S/C31H31BrClN2OP/c1-6-35-29-10-8-7-9-26(29)27-20-25(17-18-30(27)35)37(31(3,4)5,36-24-15-12-22(32)13-16-24)34-23-14-11-21(2)28(33)19-23/h7-20H,6H2,1-5H3/t37-/m0/s1. The summed E-state index contributed by atoms with van der Waals surface area (Å²) in [5.41, 5.74) is 4.32. The lowest BCUT2D eigenvalue weighted by Gasteiger charge is -2.37. The number of benzene rings is 4. The predicted octanol–water partition coefficient (Wildman–Crippen LogP) is 10.5. The second-order valence-electron chi connectivity index (χ2n) is 10.3. The molecule has 6 heteroatoms. The van der Waals surface area contributed by atoms with Gasteiger partial charge in [-0.2, -0.15) is 0 Å². The number of hydrogen-bond donors (Lipinski definition) is 0. The van der Waals surface area contributed by atoms with E-state index in [9.17, 15) is 0 Å². The molecule has 0 spiro atoms. The van der Waals surface area contributed by atoms with Gasteiger partial charge in [-0.3, -0.25) is 0 Å². The molecule has 0 fully saturated rings. The van der Waals surface area contributed by atoms with Crippen molar-refractivity contribution in [3.63, 3.8) is 0 Å². The van der Waals surface area contributed by atoms with Crippen LogP contribution >= 0.6 is 34.8 Å². The minimum absolute atomic E-state index is 0.297. The Morgan fingerprint density at radius 3 is 2.27 bits per heavy atom. The van der Waals surface area contributed by atoms with Crippen LogP contribution in [0.25, 0.3) is 21.8 Å². The Kier molecular flexibility index (Phi) is 7.04. The molecule has 190 valence electrons. The molecule has 0 bridgehead atoms. The predicted molar refractivity (Wildman–Crippen MR) is 164 cm³/mol. The molecule has 0 unspecified atom stereocenters. The zero-order chi connectivity index (χ0) is 26.4. The third-order valence-corrected chi connectivity index (χ3v) is 11.5. The SMILES string of the molecule is CCn1c2ccccc2c2cc([P@](=Nc3ccc(C)c(Cl)c3)(Oc3ccc(Br)cc3)C(C)(C)C)ccc21. The summed E-state index contributed by atoms with van der Waals surface area (Å²) in [6, 6.07) is 29.4. The molecule has 1 atom stereocenters. The third kappa shape index (κ3) is 4.76. The topological polar surface area (TPSA) is 26.5 Å². The smallest absolute Gasteiger partial charge is 0.173 e. The molecule has 0 N–H and O–H groups in total. The van der Waals surface area contributed by atoms with Gasteiger partial charge in [0.15, 0.2) is 7.28 Å². The van der Waals surface area contributed by atoms with Gasteiger partial charge in [0.05, 0.1) is 5.69 Å². The van der Waals surface area contributed by atoms with Gasteiger partial charge in [0.1, 0.15) is 5.75 Å². The maximum Gasteiger partial charge on any atom is 0.173 e. The van der Waals surface area contributed by atoms with Gasteiger partial charge in [-0.05, 0) is 80.1 Å². The fourth-order valence-corrected chi connectivity index (χ4v) is 8.34. The first-order valence-corrected chi connectivity index (χ1v) is 15.3. The molecule has 37 heavy (non-hydrogen) atoms. The summed E-state index contributed by atoms with van der Waals surface area (Å²) in [4.78, 5) is 0. The number of hydrogen-bond acceptors (Lipinski definition) is 2. The first-order chi connectivity index (χ1) is 17.6. The highest BCUT2D eigenvalue weighted by Gasteiger charge is 2.39. The Morgan fingerprint density at radius 2 is 1.59 bits per heavy atom. The van der Waals surface area contributed by atoms with Crippen LogP contribution in [-0.2, 0) is 6.54 Å². The van der Waals surface area contributed by atoms with Crippen LogP contribution in [0.15, 0.2) is 94.1 Å². The summed E-state index contributed by atoms with van der Waals surface area (Å²) in [5, 5.41) is 3.98. The highest BCUT2D eigenvalue weighted by atomic mass is 79.9. The van der Waals surface area contributed by atoms with E-state index in [1.54, 1.807) is 0 Å². The van der Waals surface area contributed by atoms with Crippen LogP contribution in [0, 0.1) is 6.92 Å². The van der Waals surface area contributed by atoms with Crippen LogP contribution < -0.4 is 9.83 Å². The van der Waals surface area contributed by atoms with Crippen molar-refractivity contribution in [2.75, 3.05) is 0 Å². The quantitative estimate of drug-likeness (QED) is 0.186. The molecule has 0 amide bonds. The maximum atomic E-state index is 7.05. The van der Waals surface area contributed by atoms with Gasteiger partial charge in [-0.1, -0.05) is 72.6 Å². The summed E-state index contributed by atoms with van der Waals surface area (Å²) >= 11 is 10.1. The molecule has 4 aromatic carbocycles. The van der Waals surface area contributed by atoms with Crippen molar-refractivity contribution in [2.24, 2.45) is 4.74 Å². The van der Waals surface area contributed by atoms with Crippen molar-refractivity contribution >= 4 is 67.6 Å². The normalized spacial score (nSPS) is 13.6. The van der Waals surface area contributed by atoms with Gasteiger partial charge in [0.25, 0.3) is 0 Å². The monoisotopic (exact) mass is 592 g/mol. The first-order valence-electron chi connectivity index (χ1n) is 12.5. The zero-order valence-electron chi connectivity index (χ0n) is 21.8. The summed E-state index contributed by atoms with van der Waals surface area (Å²) in [5.74, 6) is 0.796. The van der Waals surface area contributed by atoms with Gasteiger partial charge in [0.2, 0.25) is 0 Å². The molecule has 0 saturated carbocycles. The minimum Gasteiger partial charge on any atom is -0.455 e. The summed E-state index contributed by atoms with van der Waals surface area (Å²) in [7, 11) is -2.67. The highest BCUT2D eigenvalue weighted by Crippen LogP contribution is 2.62. The molecule has 0 radical (unpaired) electrons. The summed E-state index contributed by atoms with van der Waals surface area (Å²) in [6.07, 6.45) is 0. The Hall–Kier alpha value is -2.52.